The number of rotatable bonds is 4. The summed E-state index contributed by atoms with van der Waals surface area (Å²) in [5, 5.41) is 19.6. The largest absolute Gasteiger partial charge is 0.294 e. The van der Waals surface area contributed by atoms with Crippen LogP contribution in [0.3, 0.4) is 0 Å². The maximum atomic E-state index is 12.0. The molecule has 2 aromatic carbocycles. The third-order valence-corrected chi connectivity index (χ3v) is 2.84. The molecule has 5 heteroatoms. The monoisotopic (exact) mass is 266 g/mol. The Morgan fingerprint density at radius 3 is 2.50 bits per heavy atom. The van der Waals surface area contributed by atoms with E-state index in [4.69, 9.17) is 5.26 Å². The van der Waals surface area contributed by atoms with Crippen LogP contribution in [-0.2, 0) is 6.42 Å². The van der Waals surface area contributed by atoms with Crippen LogP contribution in [0.4, 0.5) is 5.69 Å². The van der Waals surface area contributed by atoms with Crippen molar-refractivity contribution >= 4 is 11.5 Å². The van der Waals surface area contributed by atoms with Crippen LogP contribution in [0.5, 0.6) is 0 Å². The van der Waals surface area contributed by atoms with Crippen molar-refractivity contribution in [3.8, 4) is 6.07 Å². The van der Waals surface area contributed by atoms with Crippen LogP contribution in [0.25, 0.3) is 0 Å². The molecule has 0 aliphatic heterocycles. The summed E-state index contributed by atoms with van der Waals surface area (Å²) in [6.45, 7) is 0. The molecule has 0 fully saturated rings. The normalized spacial score (nSPS) is 9.75. The summed E-state index contributed by atoms with van der Waals surface area (Å²) in [5.41, 5.74) is 0.877. The summed E-state index contributed by atoms with van der Waals surface area (Å²) in [4.78, 5) is 22.1. The minimum atomic E-state index is -0.610. The molecule has 2 aromatic rings. The smallest absolute Gasteiger partial charge is 0.287 e. The van der Waals surface area contributed by atoms with E-state index in [2.05, 4.69) is 0 Å². The first-order chi connectivity index (χ1) is 9.61. The Morgan fingerprint density at radius 2 is 1.90 bits per heavy atom. The third-order valence-electron chi connectivity index (χ3n) is 2.84. The average molecular weight is 266 g/mol. The fourth-order valence-corrected chi connectivity index (χ4v) is 1.85. The molecular formula is C15H10N2O3. The number of nitro groups is 1. The molecule has 20 heavy (non-hydrogen) atoms. The van der Waals surface area contributed by atoms with Crippen LogP contribution < -0.4 is 0 Å². The molecule has 0 aliphatic rings. The zero-order valence-corrected chi connectivity index (χ0v) is 10.4. The van der Waals surface area contributed by atoms with Crippen molar-refractivity contribution in [2.75, 3.05) is 0 Å². The van der Waals surface area contributed by atoms with Crippen molar-refractivity contribution < 1.29 is 9.72 Å². The van der Waals surface area contributed by atoms with Gasteiger partial charge in [0, 0.05) is 18.1 Å². The number of Topliss-reactive ketones (excluding diaryl/α,β-unsaturated/α-hetero) is 1. The van der Waals surface area contributed by atoms with Crippen LogP contribution in [0, 0.1) is 21.4 Å². The molecule has 0 spiro atoms. The van der Waals surface area contributed by atoms with Crippen molar-refractivity contribution in [3.05, 3.63) is 75.3 Å². The highest BCUT2D eigenvalue weighted by molar-refractivity contribution is 5.97. The average Bonchev–Trinajstić information content (AvgIpc) is 2.47. The van der Waals surface area contributed by atoms with Gasteiger partial charge in [0.1, 0.15) is 11.6 Å². The van der Waals surface area contributed by atoms with Gasteiger partial charge in [-0.3, -0.25) is 14.9 Å². The number of nitriles is 1. The van der Waals surface area contributed by atoms with Gasteiger partial charge in [0.25, 0.3) is 5.69 Å². The number of carbonyl (C=O) groups excluding carboxylic acids is 1. The Hall–Kier alpha value is -3.00. The van der Waals surface area contributed by atoms with Crippen LogP contribution in [-0.4, -0.2) is 10.7 Å². The molecule has 0 unspecified atom stereocenters. The van der Waals surface area contributed by atoms with Gasteiger partial charge >= 0.3 is 0 Å². The standard InChI is InChI=1S/C15H10N2O3/c16-10-13-8-11(6-7-14(13)17(19)20)9-15(18)12-4-2-1-3-5-12/h1-8H,9H2. The van der Waals surface area contributed by atoms with Crippen molar-refractivity contribution in [1.29, 1.82) is 5.26 Å². The topological polar surface area (TPSA) is 84.0 Å². The van der Waals surface area contributed by atoms with Gasteiger partial charge in [-0.15, -0.1) is 0 Å². The number of nitro benzene ring substituents is 1. The van der Waals surface area contributed by atoms with Crippen LogP contribution in [0.2, 0.25) is 0 Å². The molecule has 0 saturated heterocycles. The number of hydrogen-bond acceptors (Lipinski definition) is 4. The van der Waals surface area contributed by atoms with E-state index in [9.17, 15) is 14.9 Å². The van der Waals surface area contributed by atoms with E-state index in [1.54, 1.807) is 30.3 Å². The van der Waals surface area contributed by atoms with E-state index in [0.29, 0.717) is 11.1 Å². The van der Waals surface area contributed by atoms with Gasteiger partial charge < -0.3 is 0 Å². The van der Waals surface area contributed by atoms with E-state index in [-0.39, 0.29) is 23.5 Å². The molecule has 0 aliphatic carbocycles. The zero-order valence-electron chi connectivity index (χ0n) is 10.4. The maximum Gasteiger partial charge on any atom is 0.287 e. The van der Waals surface area contributed by atoms with Gasteiger partial charge in [0.2, 0.25) is 0 Å². The van der Waals surface area contributed by atoms with Crippen LogP contribution >= 0.6 is 0 Å². The van der Waals surface area contributed by atoms with Gasteiger partial charge in [-0.1, -0.05) is 36.4 Å². The molecule has 0 heterocycles. The van der Waals surface area contributed by atoms with E-state index in [0.717, 1.165) is 0 Å². The first-order valence-corrected chi connectivity index (χ1v) is 5.87. The van der Waals surface area contributed by atoms with Crippen LogP contribution in [0.1, 0.15) is 21.5 Å². The Bertz CT molecular complexity index is 703. The lowest BCUT2D eigenvalue weighted by molar-refractivity contribution is -0.385. The van der Waals surface area contributed by atoms with E-state index in [1.807, 2.05) is 6.07 Å². The summed E-state index contributed by atoms with van der Waals surface area (Å²) >= 11 is 0. The first kappa shape index (κ1) is 13.4. The molecule has 0 aromatic heterocycles. The second-order valence-electron chi connectivity index (χ2n) is 4.19. The SMILES string of the molecule is N#Cc1cc(CC(=O)c2ccccc2)ccc1[N+](=O)[O-]. The zero-order chi connectivity index (χ0) is 14.5. The minimum Gasteiger partial charge on any atom is -0.294 e. The number of benzene rings is 2. The fraction of sp³-hybridized carbons (Fsp3) is 0.0667. The molecule has 98 valence electrons. The fourth-order valence-electron chi connectivity index (χ4n) is 1.85. The Labute approximate surface area is 115 Å². The molecule has 0 N–H and O–H groups in total. The number of carbonyl (C=O) groups is 1. The van der Waals surface area contributed by atoms with Gasteiger partial charge in [-0.25, -0.2) is 0 Å². The summed E-state index contributed by atoms with van der Waals surface area (Å²) in [6.07, 6.45) is 0.108. The Morgan fingerprint density at radius 1 is 1.20 bits per heavy atom. The third kappa shape index (κ3) is 2.87. The van der Waals surface area contributed by atoms with Gasteiger partial charge in [0.15, 0.2) is 5.78 Å². The van der Waals surface area contributed by atoms with Crippen LogP contribution in [0.15, 0.2) is 48.5 Å². The van der Waals surface area contributed by atoms with Gasteiger partial charge in [-0.2, -0.15) is 5.26 Å². The number of nitrogens with zero attached hydrogens (tertiary/aromatic N) is 2. The molecule has 0 saturated carbocycles. The predicted octanol–water partition coefficient (Wildman–Crippen LogP) is 2.89. The molecule has 0 amide bonds. The lowest BCUT2D eigenvalue weighted by atomic mass is 10.0. The highest BCUT2D eigenvalue weighted by atomic mass is 16.6. The quantitative estimate of drug-likeness (QED) is 0.484. The van der Waals surface area contributed by atoms with E-state index >= 15 is 0 Å². The summed E-state index contributed by atoms with van der Waals surface area (Å²) < 4.78 is 0. The van der Waals surface area contributed by atoms with Crippen molar-refractivity contribution in [2.24, 2.45) is 0 Å². The molecular weight excluding hydrogens is 256 g/mol. The molecule has 2 rings (SSSR count). The Balaban J connectivity index is 2.25. The van der Waals surface area contributed by atoms with Crippen molar-refractivity contribution in [3.63, 3.8) is 0 Å². The first-order valence-electron chi connectivity index (χ1n) is 5.87. The summed E-state index contributed by atoms with van der Waals surface area (Å²) in [6, 6.07) is 14.7. The van der Waals surface area contributed by atoms with Crippen molar-refractivity contribution in [1.82, 2.24) is 0 Å². The maximum absolute atomic E-state index is 12.0. The lowest BCUT2D eigenvalue weighted by Crippen LogP contribution is -2.04. The molecule has 0 bridgehead atoms. The number of hydrogen-bond donors (Lipinski definition) is 0. The second-order valence-corrected chi connectivity index (χ2v) is 4.19. The Kier molecular flexibility index (Phi) is 3.87. The van der Waals surface area contributed by atoms with Gasteiger partial charge in [0.05, 0.1) is 4.92 Å². The lowest BCUT2D eigenvalue weighted by Gasteiger charge is -2.02. The minimum absolute atomic E-state index is 0.0339. The van der Waals surface area contributed by atoms with E-state index < -0.39 is 4.92 Å². The predicted molar refractivity (Wildman–Crippen MR) is 72.3 cm³/mol. The van der Waals surface area contributed by atoms with Gasteiger partial charge in [-0.05, 0) is 11.6 Å². The summed E-state index contributed by atoms with van der Waals surface area (Å²) in [7, 11) is 0. The molecule has 5 nitrogen and oxygen atoms in total. The highest BCUT2D eigenvalue weighted by Crippen LogP contribution is 2.20. The number of ketones is 1. The second kappa shape index (κ2) is 5.76. The summed E-state index contributed by atoms with van der Waals surface area (Å²) in [5.74, 6) is -0.0941. The van der Waals surface area contributed by atoms with Crippen molar-refractivity contribution in [2.45, 2.75) is 6.42 Å². The van der Waals surface area contributed by atoms with E-state index in [1.165, 1.54) is 18.2 Å². The molecule has 0 atom stereocenters. The molecule has 0 radical (unpaired) electrons. The highest BCUT2D eigenvalue weighted by Gasteiger charge is 2.15.